The van der Waals surface area contributed by atoms with Gasteiger partial charge in [-0.25, -0.2) is 5.48 Å². The summed E-state index contributed by atoms with van der Waals surface area (Å²) in [6, 6.07) is 16.3. The van der Waals surface area contributed by atoms with Gasteiger partial charge in [-0.05, 0) is 35.3 Å². The summed E-state index contributed by atoms with van der Waals surface area (Å²) in [5, 5.41) is 13.3. The van der Waals surface area contributed by atoms with Gasteiger partial charge >= 0.3 is 0 Å². The Bertz CT molecular complexity index is 962. The highest BCUT2D eigenvalue weighted by Crippen LogP contribution is 2.25. The molecular weight excluding hydrogens is 342 g/mol. The second-order valence-corrected chi connectivity index (χ2v) is 6.62. The molecule has 2 atom stereocenters. The van der Waals surface area contributed by atoms with E-state index in [0.717, 1.165) is 23.1 Å². The van der Waals surface area contributed by atoms with Gasteiger partial charge in [0.2, 0.25) is 0 Å². The second-order valence-electron chi connectivity index (χ2n) is 6.62. The van der Waals surface area contributed by atoms with Crippen LogP contribution in [0.1, 0.15) is 22.9 Å². The summed E-state index contributed by atoms with van der Waals surface area (Å²) in [5.41, 5.74) is 5.92. The van der Waals surface area contributed by atoms with Crippen molar-refractivity contribution in [2.24, 2.45) is 0 Å². The van der Waals surface area contributed by atoms with Gasteiger partial charge in [-0.2, -0.15) is 0 Å². The summed E-state index contributed by atoms with van der Waals surface area (Å²) in [4.78, 5) is 14.3. The van der Waals surface area contributed by atoms with Gasteiger partial charge in [-0.3, -0.25) is 15.3 Å². The molecule has 1 aromatic heterocycles. The van der Waals surface area contributed by atoms with E-state index in [-0.39, 0.29) is 12.3 Å². The minimum absolute atomic E-state index is 0.140. The molecular formula is C21H21N3O3. The fourth-order valence-corrected chi connectivity index (χ4v) is 3.39. The average Bonchev–Trinajstić information content (AvgIpc) is 3.34. The number of hydrogen-bond acceptors (Lipinski definition) is 4. The number of hydrogen-bond donors (Lipinski definition) is 4. The molecule has 6 heteroatoms. The highest BCUT2D eigenvalue weighted by molar-refractivity contribution is 5.90. The van der Waals surface area contributed by atoms with Crippen molar-refractivity contribution in [3.8, 4) is 0 Å². The second kappa shape index (κ2) is 7.75. The van der Waals surface area contributed by atoms with Crippen molar-refractivity contribution >= 4 is 22.9 Å². The van der Waals surface area contributed by atoms with Gasteiger partial charge in [0.15, 0.2) is 0 Å². The van der Waals surface area contributed by atoms with Crippen LogP contribution in [0.4, 0.5) is 0 Å². The van der Waals surface area contributed by atoms with Crippen molar-refractivity contribution < 1.29 is 14.7 Å². The van der Waals surface area contributed by atoms with Gasteiger partial charge in [0.25, 0.3) is 5.91 Å². The lowest BCUT2D eigenvalue weighted by Crippen LogP contribution is -2.27. The maximum atomic E-state index is 11.0. The predicted octanol–water partition coefficient (Wildman–Crippen LogP) is 2.92. The zero-order chi connectivity index (χ0) is 18.6. The van der Waals surface area contributed by atoms with Gasteiger partial charge in [-0.1, -0.05) is 42.5 Å². The first-order chi connectivity index (χ1) is 13.2. The van der Waals surface area contributed by atoms with Crippen molar-refractivity contribution in [1.29, 1.82) is 0 Å². The Morgan fingerprint density at radius 2 is 2.04 bits per heavy atom. The van der Waals surface area contributed by atoms with Crippen LogP contribution < -0.4 is 10.8 Å². The minimum atomic E-state index is -0.556. The van der Waals surface area contributed by atoms with E-state index < -0.39 is 5.91 Å². The van der Waals surface area contributed by atoms with Crippen molar-refractivity contribution in [3.63, 3.8) is 0 Å². The largest absolute Gasteiger partial charge is 0.361 e. The van der Waals surface area contributed by atoms with Crippen LogP contribution in [-0.2, 0) is 16.0 Å². The molecule has 1 aliphatic rings. The summed E-state index contributed by atoms with van der Waals surface area (Å²) >= 11 is 0. The number of amides is 1. The Hall–Kier alpha value is -2.93. The standard InChI is InChI=1S/C21H21N3O3/c25-20(24-26)10-7-14-5-8-15(9-6-14)21-23-17(13-27-21)11-16-12-22-19-4-2-1-3-18(16)19/h1-10,12,17,21-23,26H,11,13H2,(H,24,25)/b10-7+. The van der Waals surface area contributed by atoms with Crippen molar-refractivity contribution in [2.75, 3.05) is 6.61 Å². The summed E-state index contributed by atoms with van der Waals surface area (Å²) in [6.45, 7) is 0.655. The molecule has 4 N–H and O–H groups in total. The van der Waals surface area contributed by atoms with Gasteiger partial charge < -0.3 is 9.72 Å². The third kappa shape index (κ3) is 3.93. The van der Waals surface area contributed by atoms with E-state index in [4.69, 9.17) is 9.94 Å². The van der Waals surface area contributed by atoms with Crippen LogP contribution in [0.3, 0.4) is 0 Å². The Morgan fingerprint density at radius 3 is 2.85 bits per heavy atom. The molecule has 6 nitrogen and oxygen atoms in total. The molecule has 1 aliphatic heterocycles. The number of carbonyl (C=O) groups excluding carboxylic acids is 1. The smallest absolute Gasteiger partial charge is 0.267 e. The molecule has 4 rings (SSSR count). The molecule has 138 valence electrons. The molecule has 27 heavy (non-hydrogen) atoms. The number of aromatic amines is 1. The number of rotatable bonds is 5. The van der Waals surface area contributed by atoms with Crippen LogP contribution in [-0.4, -0.2) is 28.7 Å². The van der Waals surface area contributed by atoms with E-state index >= 15 is 0 Å². The van der Waals surface area contributed by atoms with Crippen LogP contribution in [0, 0.1) is 0 Å². The zero-order valence-electron chi connectivity index (χ0n) is 14.7. The number of para-hydroxylation sites is 1. The molecule has 0 aliphatic carbocycles. The highest BCUT2D eigenvalue weighted by atomic mass is 16.5. The lowest BCUT2D eigenvalue weighted by Gasteiger charge is -2.12. The molecule has 0 spiro atoms. The van der Waals surface area contributed by atoms with Crippen LogP contribution >= 0.6 is 0 Å². The number of carbonyl (C=O) groups is 1. The molecule has 2 aromatic carbocycles. The lowest BCUT2D eigenvalue weighted by molar-refractivity contribution is -0.124. The number of aromatic nitrogens is 1. The maximum Gasteiger partial charge on any atom is 0.267 e. The first-order valence-corrected chi connectivity index (χ1v) is 8.87. The number of hydroxylamine groups is 1. The van der Waals surface area contributed by atoms with Gasteiger partial charge in [0, 0.05) is 29.2 Å². The van der Waals surface area contributed by atoms with Crippen molar-refractivity contribution in [2.45, 2.75) is 18.7 Å². The third-order valence-electron chi connectivity index (χ3n) is 4.77. The lowest BCUT2D eigenvalue weighted by atomic mass is 10.1. The normalized spacial score (nSPS) is 19.7. The van der Waals surface area contributed by atoms with E-state index in [1.165, 1.54) is 17.0 Å². The quantitative estimate of drug-likeness (QED) is 0.319. The van der Waals surface area contributed by atoms with E-state index in [9.17, 15) is 4.79 Å². The van der Waals surface area contributed by atoms with Gasteiger partial charge in [0.05, 0.1) is 6.61 Å². The monoisotopic (exact) mass is 363 g/mol. The minimum Gasteiger partial charge on any atom is -0.361 e. The van der Waals surface area contributed by atoms with Crippen molar-refractivity contribution in [1.82, 2.24) is 15.8 Å². The highest BCUT2D eigenvalue weighted by Gasteiger charge is 2.26. The van der Waals surface area contributed by atoms with Crippen LogP contribution in [0.15, 0.2) is 60.8 Å². The molecule has 3 aromatic rings. The third-order valence-corrected chi connectivity index (χ3v) is 4.77. The Labute approximate surface area is 156 Å². The van der Waals surface area contributed by atoms with E-state index in [0.29, 0.717) is 6.61 Å². The SMILES string of the molecule is O=C(/C=C/c1ccc(C2NC(Cc3c[nH]c4ccccc34)CO2)cc1)NO. The molecule has 0 saturated carbocycles. The molecule has 0 bridgehead atoms. The van der Waals surface area contributed by atoms with Crippen LogP contribution in [0.2, 0.25) is 0 Å². The molecule has 1 amide bonds. The fraction of sp³-hybridized carbons (Fsp3) is 0.190. The Morgan fingerprint density at radius 1 is 1.22 bits per heavy atom. The molecule has 1 saturated heterocycles. The maximum absolute atomic E-state index is 11.0. The molecule has 1 fully saturated rings. The van der Waals surface area contributed by atoms with Gasteiger partial charge in [0.1, 0.15) is 6.23 Å². The van der Waals surface area contributed by atoms with E-state index in [2.05, 4.69) is 34.7 Å². The molecule has 2 unspecified atom stereocenters. The Kier molecular flexibility index (Phi) is 5.02. The fourth-order valence-electron chi connectivity index (χ4n) is 3.39. The number of H-pyrrole nitrogens is 1. The first-order valence-electron chi connectivity index (χ1n) is 8.87. The van der Waals surface area contributed by atoms with Gasteiger partial charge in [-0.15, -0.1) is 0 Å². The Balaban J connectivity index is 1.39. The van der Waals surface area contributed by atoms with E-state index in [1.807, 2.05) is 30.3 Å². The molecule has 2 heterocycles. The summed E-state index contributed by atoms with van der Waals surface area (Å²) in [6.07, 6.45) is 5.74. The summed E-state index contributed by atoms with van der Waals surface area (Å²) < 4.78 is 5.93. The predicted molar refractivity (Wildman–Crippen MR) is 103 cm³/mol. The zero-order valence-corrected chi connectivity index (χ0v) is 14.7. The summed E-state index contributed by atoms with van der Waals surface area (Å²) in [7, 11) is 0. The first kappa shape index (κ1) is 17.5. The van der Waals surface area contributed by atoms with E-state index in [1.54, 1.807) is 11.6 Å². The average molecular weight is 363 g/mol. The number of nitrogens with one attached hydrogen (secondary N) is 3. The van der Waals surface area contributed by atoms with Crippen LogP contribution in [0.5, 0.6) is 0 Å². The topological polar surface area (TPSA) is 86.4 Å². The summed E-state index contributed by atoms with van der Waals surface area (Å²) in [5.74, 6) is -0.556. The van der Waals surface area contributed by atoms with Crippen molar-refractivity contribution in [3.05, 3.63) is 77.5 Å². The number of ether oxygens (including phenoxy) is 1. The number of fused-ring (bicyclic) bond motifs is 1. The van der Waals surface area contributed by atoms with Crippen LogP contribution in [0.25, 0.3) is 17.0 Å². The molecule has 0 radical (unpaired) electrons. The number of benzene rings is 2.